The molecule has 1 aromatic heterocycles. The summed E-state index contributed by atoms with van der Waals surface area (Å²) in [6.07, 6.45) is 0.871. The fraction of sp³-hybridized carbons (Fsp3) is 0.385. The number of aromatic nitrogens is 3. The van der Waals surface area contributed by atoms with Crippen LogP contribution in [0.5, 0.6) is 0 Å². The van der Waals surface area contributed by atoms with Crippen molar-refractivity contribution in [1.29, 1.82) is 0 Å². The second-order valence-corrected chi connectivity index (χ2v) is 4.60. The normalized spacial score (nSPS) is 13.4. The summed E-state index contributed by atoms with van der Waals surface area (Å²) in [7, 11) is 1.96. The molecule has 4 nitrogen and oxygen atoms in total. The van der Waals surface area contributed by atoms with Crippen molar-refractivity contribution < 1.29 is 4.39 Å². The number of hydrogen-bond donors (Lipinski definition) is 0. The van der Waals surface area contributed by atoms with Crippen molar-refractivity contribution in [3.05, 3.63) is 35.2 Å². The first-order valence-corrected chi connectivity index (χ1v) is 6.07. The zero-order chi connectivity index (χ0) is 12.9. The molecule has 0 N–H and O–H groups in total. The highest BCUT2D eigenvalue weighted by Gasteiger charge is 2.27. The molecule has 0 unspecified atom stereocenters. The van der Waals surface area contributed by atoms with E-state index in [0.717, 1.165) is 23.5 Å². The molecule has 0 aliphatic carbocycles. The molecule has 1 aliphatic rings. The summed E-state index contributed by atoms with van der Waals surface area (Å²) in [5, 5.41) is 4.30. The number of fused-ring (bicyclic) bond motifs is 3. The maximum Gasteiger partial charge on any atom is 0.152 e. The van der Waals surface area contributed by atoms with E-state index in [2.05, 4.69) is 17.0 Å². The average molecular weight is 246 g/mol. The van der Waals surface area contributed by atoms with Gasteiger partial charge in [-0.3, -0.25) is 0 Å². The van der Waals surface area contributed by atoms with Gasteiger partial charge >= 0.3 is 0 Å². The zero-order valence-corrected chi connectivity index (χ0v) is 10.7. The van der Waals surface area contributed by atoms with Crippen molar-refractivity contribution in [3.8, 4) is 5.69 Å². The number of rotatable bonds is 1. The highest BCUT2D eigenvalue weighted by Crippen LogP contribution is 2.35. The van der Waals surface area contributed by atoms with Crippen LogP contribution in [-0.4, -0.2) is 21.8 Å². The van der Waals surface area contributed by atoms with Gasteiger partial charge in [0.05, 0.1) is 12.2 Å². The second kappa shape index (κ2) is 3.80. The zero-order valence-electron chi connectivity index (χ0n) is 10.7. The Morgan fingerprint density at radius 2 is 2.11 bits per heavy atom. The third-order valence-corrected chi connectivity index (χ3v) is 3.32. The van der Waals surface area contributed by atoms with Gasteiger partial charge in [0.1, 0.15) is 11.5 Å². The monoisotopic (exact) mass is 246 g/mol. The van der Waals surface area contributed by atoms with Crippen molar-refractivity contribution in [3.63, 3.8) is 0 Å². The molecule has 0 atom stereocenters. The van der Waals surface area contributed by atoms with Gasteiger partial charge in [-0.15, -0.1) is 0 Å². The fourth-order valence-electron chi connectivity index (χ4n) is 2.54. The quantitative estimate of drug-likeness (QED) is 0.773. The Kier molecular flexibility index (Phi) is 2.36. The Morgan fingerprint density at radius 3 is 2.83 bits per heavy atom. The van der Waals surface area contributed by atoms with E-state index in [4.69, 9.17) is 0 Å². The van der Waals surface area contributed by atoms with Crippen molar-refractivity contribution in [2.45, 2.75) is 26.8 Å². The SMILES string of the molecule is CCc1ccc(F)c2c1N(C)Cc1nc(C)nn1-2. The van der Waals surface area contributed by atoms with Gasteiger partial charge < -0.3 is 4.90 Å². The minimum Gasteiger partial charge on any atom is -0.365 e. The summed E-state index contributed by atoms with van der Waals surface area (Å²) >= 11 is 0. The number of halogens is 1. The minimum atomic E-state index is -0.250. The molecule has 0 bridgehead atoms. The van der Waals surface area contributed by atoms with Crippen LogP contribution < -0.4 is 4.90 Å². The van der Waals surface area contributed by atoms with Crippen LogP contribution >= 0.6 is 0 Å². The van der Waals surface area contributed by atoms with Gasteiger partial charge in [-0.2, -0.15) is 5.10 Å². The van der Waals surface area contributed by atoms with E-state index in [0.29, 0.717) is 18.1 Å². The number of anilines is 1. The van der Waals surface area contributed by atoms with Crippen LogP contribution in [0.4, 0.5) is 10.1 Å². The summed E-state index contributed by atoms with van der Waals surface area (Å²) in [5.41, 5.74) is 2.58. The molecule has 0 radical (unpaired) electrons. The minimum absolute atomic E-state index is 0.250. The highest BCUT2D eigenvalue weighted by atomic mass is 19.1. The van der Waals surface area contributed by atoms with Gasteiger partial charge in [0.2, 0.25) is 0 Å². The summed E-state index contributed by atoms with van der Waals surface area (Å²) < 4.78 is 15.8. The molecule has 0 spiro atoms. The summed E-state index contributed by atoms with van der Waals surface area (Å²) in [4.78, 5) is 6.38. The highest BCUT2D eigenvalue weighted by molar-refractivity contribution is 5.69. The summed E-state index contributed by atoms with van der Waals surface area (Å²) in [6.45, 7) is 4.56. The molecule has 1 aromatic carbocycles. The summed E-state index contributed by atoms with van der Waals surface area (Å²) in [6, 6.07) is 3.36. The molecule has 0 amide bonds. The van der Waals surface area contributed by atoms with Gasteiger partial charge in [-0.25, -0.2) is 14.1 Å². The molecule has 0 saturated carbocycles. The van der Waals surface area contributed by atoms with Crippen LogP contribution in [0, 0.1) is 12.7 Å². The standard InChI is InChI=1S/C13H15FN4/c1-4-9-5-6-10(14)13-12(9)17(3)7-11-15-8(2)16-18(11)13/h5-6H,4,7H2,1-3H3. The second-order valence-electron chi connectivity index (χ2n) is 4.60. The molecular formula is C13H15FN4. The third kappa shape index (κ3) is 1.43. The first-order chi connectivity index (χ1) is 8.61. The molecule has 3 rings (SSSR count). The average Bonchev–Trinajstić information content (AvgIpc) is 2.69. The lowest BCUT2D eigenvalue weighted by molar-refractivity contribution is 0.593. The Morgan fingerprint density at radius 1 is 1.33 bits per heavy atom. The van der Waals surface area contributed by atoms with E-state index >= 15 is 0 Å². The van der Waals surface area contributed by atoms with Gasteiger partial charge in [0.25, 0.3) is 0 Å². The van der Waals surface area contributed by atoms with Crippen LogP contribution in [0.15, 0.2) is 12.1 Å². The molecule has 0 saturated heterocycles. The fourth-order valence-corrected chi connectivity index (χ4v) is 2.54. The number of benzene rings is 1. The number of nitrogens with zero attached hydrogens (tertiary/aromatic N) is 4. The summed E-state index contributed by atoms with van der Waals surface area (Å²) in [5.74, 6) is 1.21. The van der Waals surface area contributed by atoms with Crippen molar-refractivity contribution >= 4 is 5.69 Å². The van der Waals surface area contributed by atoms with Crippen LogP contribution in [-0.2, 0) is 13.0 Å². The number of hydrogen-bond acceptors (Lipinski definition) is 3. The van der Waals surface area contributed by atoms with E-state index in [-0.39, 0.29) is 5.82 Å². The molecule has 5 heteroatoms. The Hall–Kier alpha value is -1.91. The van der Waals surface area contributed by atoms with Crippen LogP contribution in [0.25, 0.3) is 5.69 Å². The van der Waals surface area contributed by atoms with E-state index in [1.54, 1.807) is 4.68 Å². The van der Waals surface area contributed by atoms with E-state index < -0.39 is 0 Å². The Bertz CT molecular complexity index is 618. The van der Waals surface area contributed by atoms with Crippen LogP contribution in [0.1, 0.15) is 24.1 Å². The molecule has 18 heavy (non-hydrogen) atoms. The Balaban J connectivity index is 2.34. The molecule has 2 aromatic rings. The maximum atomic E-state index is 14.1. The number of aryl methyl sites for hydroxylation is 2. The van der Waals surface area contributed by atoms with E-state index in [1.165, 1.54) is 6.07 Å². The van der Waals surface area contributed by atoms with E-state index in [1.807, 2.05) is 24.9 Å². The molecule has 0 fully saturated rings. The molecule has 2 heterocycles. The van der Waals surface area contributed by atoms with E-state index in [9.17, 15) is 4.39 Å². The van der Waals surface area contributed by atoms with Crippen molar-refractivity contribution in [1.82, 2.24) is 14.8 Å². The lowest BCUT2D eigenvalue weighted by atomic mass is 10.1. The van der Waals surface area contributed by atoms with Gasteiger partial charge in [-0.1, -0.05) is 13.0 Å². The predicted octanol–water partition coefficient (Wildman–Crippen LogP) is 2.23. The molecule has 1 aliphatic heterocycles. The molecule has 94 valence electrons. The first kappa shape index (κ1) is 11.2. The van der Waals surface area contributed by atoms with Crippen LogP contribution in [0.2, 0.25) is 0 Å². The smallest absolute Gasteiger partial charge is 0.152 e. The van der Waals surface area contributed by atoms with Gasteiger partial charge in [-0.05, 0) is 25.0 Å². The van der Waals surface area contributed by atoms with Crippen molar-refractivity contribution in [2.24, 2.45) is 0 Å². The third-order valence-electron chi connectivity index (χ3n) is 3.32. The van der Waals surface area contributed by atoms with Crippen LogP contribution in [0.3, 0.4) is 0 Å². The predicted molar refractivity (Wildman–Crippen MR) is 67.5 cm³/mol. The van der Waals surface area contributed by atoms with Crippen molar-refractivity contribution in [2.75, 3.05) is 11.9 Å². The maximum absolute atomic E-state index is 14.1. The van der Waals surface area contributed by atoms with Gasteiger partial charge in [0, 0.05) is 7.05 Å². The van der Waals surface area contributed by atoms with Gasteiger partial charge in [0.15, 0.2) is 11.6 Å². The first-order valence-electron chi connectivity index (χ1n) is 6.07. The topological polar surface area (TPSA) is 34.0 Å². The Labute approximate surface area is 105 Å². The largest absolute Gasteiger partial charge is 0.365 e. The lowest BCUT2D eigenvalue weighted by Gasteiger charge is -2.29. The lowest BCUT2D eigenvalue weighted by Crippen LogP contribution is -2.28. The molecular weight excluding hydrogens is 231 g/mol.